The minimum atomic E-state index is -0.822. The van der Waals surface area contributed by atoms with E-state index in [9.17, 15) is 4.79 Å². The molecule has 4 heteroatoms. The van der Waals surface area contributed by atoms with E-state index in [2.05, 4.69) is 4.74 Å². The number of hydrogen-bond acceptors (Lipinski definition) is 4. The first-order valence-corrected chi connectivity index (χ1v) is 3.96. The number of methoxy groups -OCH3 is 1. The fourth-order valence-corrected chi connectivity index (χ4v) is 0.998. The summed E-state index contributed by atoms with van der Waals surface area (Å²) in [6.07, 6.45) is 0. The molecule has 1 rings (SSSR count). The van der Waals surface area contributed by atoms with Crippen molar-refractivity contribution < 1.29 is 13.9 Å². The third-order valence-electron chi connectivity index (χ3n) is 1.95. The first-order chi connectivity index (χ1) is 6.06. The third-order valence-corrected chi connectivity index (χ3v) is 1.95. The molecule has 1 aromatic heterocycles. The van der Waals surface area contributed by atoms with Gasteiger partial charge in [-0.3, -0.25) is 0 Å². The third kappa shape index (κ3) is 1.89. The van der Waals surface area contributed by atoms with E-state index in [0.29, 0.717) is 5.76 Å². The molecule has 0 bridgehead atoms. The number of carbonyl (C=O) groups excluding carboxylic acids is 1. The van der Waals surface area contributed by atoms with Gasteiger partial charge < -0.3 is 14.9 Å². The van der Waals surface area contributed by atoms with E-state index in [4.69, 9.17) is 10.2 Å². The van der Waals surface area contributed by atoms with Gasteiger partial charge in [-0.1, -0.05) is 0 Å². The second kappa shape index (κ2) is 3.62. The summed E-state index contributed by atoms with van der Waals surface area (Å²) in [5, 5.41) is 0. The molecule has 0 aliphatic heterocycles. The Kier molecular flexibility index (Phi) is 2.72. The number of rotatable bonds is 2. The van der Waals surface area contributed by atoms with E-state index in [1.807, 2.05) is 13.8 Å². The van der Waals surface area contributed by atoms with E-state index in [1.165, 1.54) is 7.11 Å². The highest BCUT2D eigenvalue weighted by atomic mass is 16.5. The second-order valence-electron chi connectivity index (χ2n) is 2.89. The van der Waals surface area contributed by atoms with Gasteiger partial charge in [0.1, 0.15) is 11.5 Å². The molecule has 0 radical (unpaired) electrons. The van der Waals surface area contributed by atoms with Crippen molar-refractivity contribution in [2.24, 2.45) is 5.73 Å². The van der Waals surface area contributed by atoms with Gasteiger partial charge in [0.2, 0.25) is 0 Å². The van der Waals surface area contributed by atoms with Gasteiger partial charge >= 0.3 is 5.97 Å². The minimum Gasteiger partial charge on any atom is -0.468 e. The first-order valence-electron chi connectivity index (χ1n) is 3.96. The van der Waals surface area contributed by atoms with Crippen LogP contribution in [0.3, 0.4) is 0 Å². The van der Waals surface area contributed by atoms with E-state index in [1.54, 1.807) is 6.07 Å². The zero-order valence-electron chi connectivity index (χ0n) is 7.96. The van der Waals surface area contributed by atoms with Gasteiger partial charge in [-0.25, -0.2) is 4.79 Å². The summed E-state index contributed by atoms with van der Waals surface area (Å²) in [5.41, 5.74) is 6.54. The summed E-state index contributed by atoms with van der Waals surface area (Å²) >= 11 is 0. The van der Waals surface area contributed by atoms with Gasteiger partial charge in [-0.05, 0) is 25.5 Å². The average molecular weight is 183 g/mol. The van der Waals surface area contributed by atoms with E-state index in [-0.39, 0.29) is 0 Å². The largest absolute Gasteiger partial charge is 0.468 e. The summed E-state index contributed by atoms with van der Waals surface area (Å²) in [4.78, 5) is 11.0. The maximum atomic E-state index is 11.0. The van der Waals surface area contributed by atoms with E-state index < -0.39 is 12.0 Å². The maximum absolute atomic E-state index is 11.0. The second-order valence-corrected chi connectivity index (χ2v) is 2.89. The van der Waals surface area contributed by atoms with Crippen molar-refractivity contribution in [3.63, 3.8) is 0 Å². The number of ether oxygens (including phenoxy) is 1. The Hall–Kier alpha value is -1.29. The highest BCUT2D eigenvalue weighted by molar-refractivity contribution is 5.76. The molecule has 4 nitrogen and oxygen atoms in total. The smallest absolute Gasteiger partial charge is 0.330 e. The van der Waals surface area contributed by atoms with Gasteiger partial charge in [-0.15, -0.1) is 0 Å². The first kappa shape index (κ1) is 9.80. The van der Waals surface area contributed by atoms with Crippen LogP contribution in [0.15, 0.2) is 10.5 Å². The number of aryl methyl sites for hydroxylation is 2. The zero-order valence-corrected chi connectivity index (χ0v) is 7.96. The normalized spacial score (nSPS) is 12.6. The fourth-order valence-electron chi connectivity index (χ4n) is 0.998. The van der Waals surface area contributed by atoms with Crippen LogP contribution in [-0.2, 0) is 9.53 Å². The standard InChI is InChI=1S/C9H13NO3/c1-5-4-7(13-6(5)2)8(10)9(11)12-3/h4,8H,10H2,1-3H3/t8-/m1/s1. The lowest BCUT2D eigenvalue weighted by Gasteiger charge is -2.04. The Morgan fingerprint density at radius 3 is 2.62 bits per heavy atom. The molecular formula is C9H13NO3. The molecule has 1 heterocycles. The van der Waals surface area contributed by atoms with Crippen molar-refractivity contribution in [3.05, 3.63) is 23.2 Å². The molecule has 1 atom stereocenters. The van der Waals surface area contributed by atoms with Crippen molar-refractivity contribution in [1.29, 1.82) is 0 Å². The van der Waals surface area contributed by atoms with Crippen LogP contribution in [0.4, 0.5) is 0 Å². The van der Waals surface area contributed by atoms with Crippen LogP contribution in [0.25, 0.3) is 0 Å². The van der Waals surface area contributed by atoms with Crippen molar-refractivity contribution in [2.45, 2.75) is 19.9 Å². The average Bonchev–Trinajstić information content (AvgIpc) is 2.44. The lowest BCUT2D eigenvalue weighted by molar-refractivity contribution is -0.142. The molecular weight excluding hydrogens is 170 g/mol. The van der Waals surface area contributed by atoms with E-state index >= 15 is 0 Å². The molecule has 1 aromatic rings. The lowest BCUT2D eigenvalue weighted by atomic mass is 10.2. The number of furan rings is 1. The molecule has 13 heavy (non-hydrogen) atoms. The highest BCUT2D eigenvalue weighted by Gasteiger charge is 2.20. The SMILES string of the molecule is COC(=O)[C@H](N)c1cc(C)c(C)o1. The minimum absolute atomic E-state index is 0.446. The quantitative estimate of drug-likeness (QED) is 0.696. The van der Waals surface area contributed by atoms with Gasteiger partial charge in [0.25, 0.3) is 0 Å². The Balaban J connectivity index is 2.89. The van der Waals surface area contributed by atoms with Gasteiger partial charge in [0.15, 0.2) is 6.04 Å². The maximum Gasteiger partial charge on any atom is 0.330 e. The number of carbonyl (C=O) groups is 1. The van der Waals surface area contributed by atoms with E-state index in [0.717, 1.165) is 11.3 Å². The monoisotopic (exact) mass is 183 g/mol. The molecule has 0 saturated carbocycles. The summed E-state index contributed by atoms with van der Waals surface area (Å²) in [6.45, 7) is 3.72. The summed E-state index contributed by atoms with van der Waals surface area (Å²) < 4.78 is 9.76. The topological polar surface area (TPSA) is 65.5 Å². The molecule has 0 aromatic carbocycles. The number of hydrogen-bond donors (Lipinski definition) is 1. The van der Waals surface area contributed by atoms with Crippen LogP contribution in [0, 0.1) is 13.8 Å². The van der Waals surface area contributed by atoms with Crippen LogP contribution < -0.4 is 5.73 Å². The van der Waals surface area contributed by atoms with Crippen LogP contribution in [0.1, 0.15) is 23.1 Å². The molecule has 0 aliphatic rings. The predicted octanol–water partition coefficient (Wildman–Crippen LogP) is 1.07. The Labute approximate surface area is 76.7 Å². The Morgan fingerprint density at radius 2 is 2.23 bits per heavy atom. The van der Waals surface area contributed by atoms with Gasteiger partial charge in [0.05, 0.1) is 7.11 Å². The number of esters is 1. The van der Waals surface area contributed by atoms with Crippen LogP contribution in [0.5, 0.6) is 0 Å². The van der Waals surface area contributed by atoms with Crippen LogP contribution >= 0.6 is 0 Å². The fraction of sp³-hybridized carbons (Fsp3) is 0.444. The van der Waals surface area contributed by atoms with Crippen LogP contribution in [-0.4, -0.2) is 13.1 Å². The molecule has 0 fully saturated rings. The Morgan fingerprint density at radius 1 is 1.62 bits per heavy atom. The van der Waals surface area contributed by atoms with Gasteiger partial charge in [-0.2, -0.15) is 0 Å². The summed E-state index contributed by atoms with van der Waals surface area (Å²) in [7, 11) is 1.30. The summed E-state index contributed by atoms with van der Waals surface area (Å²) in [5.74, 6) is 0.727. The van der Waals surface area contributed by atoms with Crippen molar-refractivity contribution >= 4 is 5.97 Å². The summed E-state index contributed by atoms with van der Waals surface area (Å²) in [6, 6.07) is 0.925. The predicted molar refractivity (Wildman–Crippen MR) is 47.1 cm³/mol. The van der Waals surface area contributed by atoms with Crippen molar-refractivity contribution in [3.8, 4) is 0 Å². The Bertz CT molecular complexity index is 297. The van der Waals surface area contributed by atoms with Crippen LogP contribution in [0.2, 0.25) is 0 Å². The molecule has 0 amide bonds. The molecule has 0 unspecified atom stereocenters. The van der Waals surface area contributed by atoms with Gasteiger partial charge in [0, 0.05) is 0 Å². The molecule has 0 saturated heterocycles. The molecule has 0 spiro atoms. The highest BCUT2D eigenvalue weighted by Crippen LogP contribution is 2.19. The lowest BCUT2D eigenvalue weighted by Crippen LogP contribution is -2.21. The molecule has 2 N–H and O–H groups in total. The zero-order chi connectivity index (χ0) is 10.0. The van der Waals surface area contributed by atoms with Crippen molar-refractivity contribution in [1.82, 2.24) is 0 Å². The number of nitrogens with two attached hydrogens (primary N) is 1. The molecule has 0 aliphatic carbocycles. The molecule has 72 valence electrons. The van der Waals surface area contributed by atoms with Crippen molar-refractivity contribution in [2.75, 3.05) is 7.11 Å².